The summed E-state index contributed by atoms with van der Waals surface area (Å²) < 4.78 is 17.9. The number of carbonyl (C=O) groups is 3. The Hall–Kier alpha value is -3.55. The zero-order valence-corrected chi connectivity index (χ0v) is 19.2. The maximum Gasteiger partial charge on any atom is 0.340 e. The van der Waals surface area contributed by atoms with Crippen molar-refractivity contribution in [3.05, 3.63) is 69.7 Å². The maximum atomic E-state index is 13.0. The van der Waals surface area contributed by atoms with E-state index in [-0.39, 0.29) is 12.3 Å². The second-order valence-corrected chi connectivity index (χ2v) is 7.71. The number of aromatic nitrogens is 2. The number of carbonyl (C=O) groups excluding carboxylic acids is 3. The molecule has 8 heteroatoms. The molecule has 1 unspecified atom stereocenters. The van der Waals surface area contributed by atoms with Gasteiger partial charge in [-0.25, -0.2) is 9.59 Å². The average molecular weight is 440 g/mol. The van der Waals surface area contributed by atoms with Gasteiger partial charge in [-0.1, -0.05) is 0 Å². The number of furan rings is 1. The smallest absolute Gasteiger partial charge is 0.340 e. The molecule has 0 aliphatic heterocycles. The van der Waals surface area contributed by atoms with Gasteiger partial charge in [0.15, 0.2) is 6.10 Å². The minimum absolute atomic E-state index is 0.231. The summed E-state index contributed by atoms with van der Waals surface area (Å²) >= 11 is 0. The van der Waals surface area contributed by atoms with Gasteiger partial charge in [-0.2, -0.15) is 0 Å². The molecule has 0 amide bonds. The lowest BCUT2D eigenvalue weighted by atomic mass is 10.1. The fourth-order valence-corrected chi connectivity index (χ4v) is 3.80. The lowest BCUT2D eigenvalue weighted by Gasteiger charge is -2.13. The SMILES string of the molecule is CCOC(=O)c1c(C)[nH]c(C(=O)C(C)OC(=O)c2cc(C)n(Cc3ccco3)c2C)c1C. The Labute approximate surface area is 186 Å². The van der Waals surface area contributed by atoms with E-state index in [1.165, 1.54) is 6.92 Å². The molecule has 0 aliphatic carbocycles. The molecule has 3 aromatic heterocycles. The largest absolute Gasteiger partial charge is 0.467 e. The van der Waals surface area contributed by atoms with Crippen LogP contribution in [0.1, 0.15) is 73.5 Å². The minimum atomic E-state index is -1.04. The fourth-order valence-electron chi connectivity index (χ4n) is 3.80. The van der Waals surface area contributed by atoms with Gasteiger partial charge in [-0.3, -0.25) is 4.79 Å². The number of hydrogen-bond acceptors (Lipinski definition) is 6. The van der Waals surface area contributed by atoms with Crippen LogP contribution in [-0.4, -0.2) is 40.0 Å². The molecule has 8 nitrogen and oxygen atoms in total. The van der Waals surface area contributed by atoms with Gasteiger partial charge in [0, 0.05) is 17.1 Å². The number of Topliss-reactive ketones (excluding diaryl/α,β-unsaturated/α-hetero) is 1. The Morgan fingerprint density at radius 3 is 2.50 bits per heavy atom. The Morgan fingerprint density at radius 1 is 1.16 bits per heavy atom. The topological polar surface area (TPSA) is 104 Å². The molecule has 1 atom stereocenters. The van der Waals surface area contributed by atoms with E-state index in [4.69, 9.17) is 13.9 Å². The molecule has 0 saturated carbocycles. The molecule has 0 radical (unpaired) electrons. The number of aryl methyl sites for hydroxylation is 2. The Morgan fingerprint density at radius 2 is 1.88 bits per heavy atom. The summed E-state index contributed by atoms with van der Waals surface area (Å²) in [4.78, 5) is 40.9. The molecular formula is C24H28N2O6. The Bertz CT molecular complexity index is 1150. The summed E-state index contributed by atoms with van der Waals surface area (Å²) in [7, 11) is 0. The maximum absolute atomic E-state index is 13.0. The van der Waals surface area contributed by atoms with E-state index >= 15 is 0 Å². The van der Waals surface area contributed by atoms with Crippen LogP contribution in [0, 0.1) is 27.7 Å². The number of ether oxygens (including phenoxy) is 2. The monoisotopic (exact) mass is 440 g/mol. The van der Waals surface area contributed by atoms with Gasteiger partial charge in [0.1, 0.15) is 5.76 Å². The number of esters is 2. The first-order chi connectivity index (χ1) is 15.1. The number of nitrogens with zero attached hydrogens (tertiary/aromatic N) is 1. The molecule has 0 saturated heterocycles. The van der Waals surface area contributed by atoms with Crippen LogP contribution < -0.4 is 0 Å². The van der Waals surface area contributed by atoms with Crippen molar-refractivity contribution in [3.63, 3.8) is 0 Å². The van der Waals surface area contributed by atoms with E-state index in [9.17, 15) is 14.4 Å². The van der Waals surface area contributed by atoms with Crippen LogP contribution in [0.25, 0.3) is 0 Å². The minimum Gasteiger partial charge on any atom is -0.467 e. The van der Waals surface area contributed by atoms with E-state index in [1.807, 2.05) is 30.5 Å². The normalized spacial score (nSPS) is 11.9. The molecule has 0 bridgehead atoms. The van der Waals surface area contributed by atoms with E-state index in [0.29, 0.717) is 28.9 Å². The number of nitrogens with one attached hydrogen (secondary N) is 1. The number of rotatable bonds is 8. The predicted octanol–water partition coefficient (Wildman–Crippen LogP) is 4.30. The van der Waals surface area contributed by atoms with Crippen LogP contribution in [-0.2, 0) is 16.0 Å². The van der Waals surface area contributed by atoms with Crippen molar-refractivity contribution in [1.82, 2.24) is 9.55 Å². The number of hydrogen-bond donors (Lipinski definition) is 1. The summed E-state index contributed by atoms with van der Waals surface area (Å²) in [5.74, 6) is -0.730. The number of ketones is 1. The van der Waals surface area contributed by atoms with Crippen LogP contribution >= 0.6 is 0 Å². The predicted molar refractivity (Wildman–Crippen MR) is 117 cm³/mol. The van der Waals surface area contributed by atoms with Gasteiger partial charge < -0.3 is 23.4 Å². The highest BCUT2D eigenvalue weighted by Gasteiger charge is 2.28. The van der Waals surface area contributed by atoms with Gasteiger partial charge in [0.25, 0.3) is 0 Å². The second-order valence-electron chi connectivity index (χ2n) is 7.71. The first kappa shape index (κ1) is 23.1. The first-order valence-corrected chi connectivity index (χ1v) is 10.5. The van der Waals surface area contributed by atoms with Crippen LogP contribution in [0.5, 0.6) is 0 Å². The van der Waals surface area contributed by atoms with E-state index in [0.717, 1.165) is 17.1 Å². The van der Waals surface area contributed by atoms with Crippen LogP contribution in [0.3, 0.4) is 0 Å². The highest BCUT2D eigenvalue weighted by Crippen LogP contribution is 2.23. The highest BCUT2D eigenvalue weighted by molar-refractivity contribution is 6.04. The van der Waals surface area contributed by atoms with Gasteiger partial charge >= 0.3 is 11.9 Å². The molecule has 32 heavy (non-hydrogen) atoms. The van der Waals surface area contributed by atoms with Crippen LogP contribution in [0.15, 0.2) is 28.9 Å². The molecule has 170 valence electrons. The first-order valence-electron chi connectivity index (χ1n) is 10.5. The average Bonchev–Trinajstić information content (AvgIpc) is 3.42. The van der Waals surface area contributed by atoms with Crippen molar-refractivity contribution in [1.29, 1.82) is 0 Å². The van der Waals surface area contributed by atoms with Crippen LogP contribution in [0.2, 0.25) is 0 Å². The molecule has 3 rings (SSSR count). The molecule has 0 spiro atoms. The fraction of sp³-hybridized carbons (Fsp3) is 0.375. The quantitative estimate of drug-likeness (QED) is 0.414. The third-order valence-corrected chi connectivity index (χ3v) is 5.50. The zero-order chi connectivity index (χ0) is 23.6. The number of H-pyrrole nitrogens is 1. The Kier molecular flexibility index (Phi) is 6.72. The molecule has 0 aromatic carbocycles. The van der Waals surface area contributed by atoms with Crippen molar-refractivity contribution in [2.75, 3.05) is 6.61 Å². The molecule has 3 aromatic rings. The zero-order valence-electron chi connectivity index (χ0n) is 19.2. The van der Waals surface area contributed by atoms with E-state index in [1.54, 1.807) is 33.1 Å². The summed E-state index contributed by atoms with van der Waals surface area (Å²) in [6, 6.07) is 5.41. The third-order valence-electron chi connectivity index (χ3n) is 5.50. The van der Waals surface area contributed by atoms with Crippen molar-refractivity contribution in [2.24, 2.45) is 0 Å². The summed E-state index contributed by atoms with van der Waals surface area (Å²) in [6.07, 6.45) is 0.561. The standard InChI is InChI=1S/C24H28N2O6/c1-7-30-24(29)20-14(3)21(25-15(20)4)22(27)17(6)32-23(28)19-11-13(2)26(16(19)5)12-18-9-8-10-31-18/h8-11,17,25H,7,12H2,1-6H3. The van der Waals surface area contributed by atoms with Gasteiger partial charge in [-0.05, 0) is 65.3 Å². The van der Waals surface area contributed by atoms with Crippen LogP contribution in [0.4, 0.5) is 0 Å². The van der Waals surface area contributed by atoms with Crippen molar-refractivity contribution in [3.8, 4) is 0 Å². The van der Waals surface area contributed by atoms with E-state index < -0.39 is 23.8 Å². The van der Waals surface area contributed by atoms with E-state index in [2.05, 4.69) is 4.98 Å². The summed E-state index contributed by atoms with van der Waals surface area (Å²) in [5.41, 5.74) is 3.55. The molecule has 3 heterocycles. The lowest BCUT2D eigenvalue weighted by Crippen LogP contribution is -2.25. The number of aromatic amines is 1. The second kappa shape index (κ2) is 9.30. The van der Waals surface area contributed by atoms with Crippen molar-refractivity contribution in [2.45, 2.75) is 54.2 Å². The van der Waals surface area contributed by atoms with Crippen molar-refractivity contribution >= 4 is 17.7 Å². The molecule has 1 N–H and O–H groups in total. The van der Waals surface area contributed by atoms with Crippen molar-refractivity contribution < 1.29 is 28.3 Å². The highest BCUT2D eigenvalue weighted by atomic mass is 16.5. The molecule has 0 fully saturated rings. The summed E-state index contributed by atoms with van der Waals surface area (Å²) in [5, 5.41) is 0. The molecular weight excluding hydrogens is 412 g/mol. The third kappa shape index (κ3) is 4.39. The summed E-state index contributed by atoms with van der Waals surface area (Å²) in [6.45, 7) is 11.0. The van der Waals surface area contributed by atoms with Gasteiger partial charge in [0.05, 0.1) is 36.2 Å². The lowest BCUT2D eigenvalue weighted by molar-refractivity contribution is 0.0315. The van der Waals surface area contributed by atoms with Gasteiger partial charge in [0.2, 0.25) is 5.78 Å². The molecule has 0 aliphatic rings. The van der Waals surface area contributed by atoms with Gasteiger partial charge in [-0.15, -0.1) is 0 Å². The Balaban J connectivity index is 1.77.